The molecule has 1 saturated heterocycles. The topological polar surface area (TPSA) is 87.5 Å². The van der Waals surface area contributed by atoms with Crippen LogP contribution in [0.1, 0.15) is 37.0 Å². The second-order valence-electron chi connectivity index (χ2n) is 5.80. The molecule has 0 aliphatic carbocycles. The van der Waals surface area contributed by atoms with Gasteiger partial charge in [-0.25, -0.2) is 9.18 Å². The summed E-state index contributed by atoms with van der Waals surface area (Å²) in [5, 5.41) is 5.36. The van der Waals surface area contributed by atoms with Crippen molar-refractivity contribution in [3.8, 4) is 0 Å². The van der Waals surface area contributed by atoms with Crippen LogP contribution in [0.15, 0.2) is 18.2 Å². The van der Waals surface area contributed by atoms with Crippen LogP contribution in [0, 0.1) is 5.82 Å². The van der Waals surface area contributed by atoms with E-state index in [1.54, 1.807) is 0 Å². The zero-order valence-electron chi connectivity index (χ0n) is 13.5. The second kappa shape index (κ2) is 6.95. The van der Waals surface area contributed by atoms with Crippen molar-refractivity contribution in [1.29, 1.82) is 0 Å². The number of nitrogens with one attached hydrogen (secondary N) is 2. The lowest BCUT2D eigenvalue weighted by atomic mass is 9.94. The highest BCUT2D eigenvalue weighted by Crippen LogP contribution is 2.21. The second-order valence-corrected chi connectivity index (χ2v) is 5.80. The van der Waals surface area contributed by atoms with E-state index in [-0.39, 0.29) is 18.1 Å². The molecule has 0 saturated carbocycles. The first-order valence-electron chi connectivity index (χ1n) is 7.82. The molecule has 1 heterocycles. The predicted molar refractivity (Wildman–Crippen MR) is 87.0 cm³/mol. The van der Waals surface area contributed by atoms with E-state index in [9.17, 15) is 14.0 Å². The lowest BCUT2D eigenvalue weighted by Gasteiger charge is -2.27. The summed E-state index contributed by atoms with van der Waals surface area (Å²) in [6, 6.07) is 3.83. The van der Waals surface area contributed by atoms with E-state index in [0.29, 0.717) is 31.6 Å². The molecule has 1 aromatic carbocycles. The van der Waals surface area contributed by atoms with Gasteiger partial charge in [0.2, 0.25) is 0 Å². The number of carbonyl (C=O) groups excluding carboxylic acids is 2. The molecular formula is C16H23FN4O2. The molecule has 7 heteroatoms. The Bertz CT molecular complexity index is 602. The molecular weight excluding hydrogens is 299 g/mol. The number of benzene rings is 1. The fourth-order valence-electron chi connectivity index (χ4n) is 2.42. The smallest absolute Gasteiger partial charge is 0.321 e. The summed E-state index contributed by atoms with van der Waals surface area (Å²) < 4.78 is 14.0. The standard InChI is InChI=1S/C16H23FN4O2/c1-3-16(18,4-2)10-20-14(22)12-9-11(5-6-13(12)17)21-8-7-19-15(21)23/h5-6,9H,3-4,7-8,10,18H2,1-2H3,(H,19,23)(H,20,22). The Labute approximate surface area is 135 Å². The first-order valence-corrected chi connectivity index (χ1v) is 7.82. The quantitative estimate of drug-likeness (QED) is 0.743. The van der Waals surface area contributed by atoms with Crippen molar-refractivity contribution < 1.29 is 14.0 Å². The number of carbonyl (C=O) groups is 2. The van der Waals surface area contributed by atoms with Gasteiger partial charge in [-0.15, -0.1) is 0 Å². The molecule has 23 heavy (non-hydrogen) atoms. The number of rotatable bonds is 6. The molecule has 0 bridgehead atoms. The molecule has 0 radical (unpaired) electrons. The maximum Gasteiger partial charge on any atom is 0.321 e. The number of urea groups is 1. The number of amides is 3. The minimum Gasteiger partial charge on any atom is -0.350 e. The largest absolute Gasteiger partial charge is 0.350 e. The van der Waals surface area contributed by atoms with Gasteiger partial charge in [-0.05, 0) is 31.0 Å². The van der Waals surface area contributed by atoms with Crippen molar-refractivity contribution in [2.24, 2.45) is 5.73 Å². The third-order valence-electron chi connectivity index (χ3n) is 4.37. The number of anilines is 1. The number of hydrogen-bond acceptors (Lipinski definition) is 3. The minimum atomic E-state index is -0.624. The number of halogens is 1. The molecule has 0 unspecified atom stereocenters. The van der Waals surface area contributed by atoms with Gasteiger partial charge in [0.25, 0.3) is 5.91 Å². The lowest BCUT2D eigenvalue weighted by Crippen LogP contribution is -2.49. The summed E-state index contributed by atoms with van der Waals surface area (Å²) >= 11 is 0. The van der Waals surface area contributed by atoms with Crippen molar-refractivity contribution in [3.63, 3.8) is 0 Å². The van der Waals surface area contributed by atoms with Gasteiger partial charge in [0.15, 0.2) is 0 Å². The van der Waals surface area contributed by atoms with Gasteiger partial charge < -0.3 is 16.4 Å². The van der Waals surface area contributed by atoms with Gasteiger partial charge in [0, 0.05) is 30.9 Å². The molecule has 0 spiro atoms. The van der Waals surface area contributed by atoms with E-state index in [4.69, 9.17) is 5.73 Å². The molecule has 1 fully saturated rings. The Morgan fingerprint density at radius 2 is 2.13 bits per heavy atom. The summed E-state index contributed by atoms with van der Waals surface area (Å²) in [6.45, 7) is 5.18. The van der Waals surface area contributed by atoms with Crippen LogP contribution < -0.4 is 21.3 Å². The first kappa shape index (κ1) is 17.2. The average molecular weight is 322 g/mol. The fourth-order valence-corrected chi connectivity index (χ4v) is 2.42. The Hall–Kier alpha value is -2.15. The van der Waals surface area contributed by atoms with Gasteiger partial charge in [-0.3, -0.25) is 9.69 Å². The van der Waals surface area contributed by atoms with Crippen LogP contribution in [-0.4, -0.2) is 37.1 Å². The number of nitrogens with two attached hydrogens (primary N) is 1. The highest BCUT2D eigenvalue weighted by Gasteiger charge is 2.25. The highest BCUT2D eigenvalue weighted by molar-refractivity contribution is 5.98. The van der Waals surface area contributed by atoms with Crippen molar-refractivity contribution in [2.45, 2.75) is 32.2 Å². The van der Waals surface area contributed by atoms with Crippen LogP contribution in [0.3, 0.4) is 0 Å². The zero-order valence-corrected chi connectivity index (χ0v) is 13.5. The van der Waals surface area contributed by atoms with E-state index >= 15 is 0 Å². The maximum absolute atomic E-state index is 14.0. The van der Waals surface area contributed by atoms with Gasteiger partial charge in [0.05, 0.1) is 5.56 Å². The van der Waals surface area contributed by atoms with E-state index in [1.807, 2.05) is 13.8 Å². The van der Waals surface area contributed by atoms with Gasteiger partial charge in [-0.1, -0.05) is 13.8 Å². The third-order valence-corrected chi connectivity index (χ3v) is 4.37. The molecule has 0 atom stereocenters. The van der Waals surface area contributed by atoms with Gasteiger partial charge >= 0.3 is 6.03 Å². The Morgan fingerprint density at radius 1 is 1.43 bits per heavy atom. The molecule has 126 valence electrons. The number of nitrogens with zero attached hydrogens (tertiary/aromatic N) is 1. The van der Waals surface area contributed by atoms with E-state index in [1.165, 1.54) is 23.1 Å². The minimum absolute atomic E-state index is 0.0863. The Balaban J connectivity index is 2.15. The molecule has 4 N–H and O–H groups in total. The van der Waals surface area contributed by atoms with Crippen LogP contribution in [0.2, 0.25) is 0 Å². The molecule has 1 aromatic rings. The summed E-state index contributed by atoms with van der Waals surface area (Å²) in [7, 11) is 0. The van der Waals surface area contributed by atoms with Crippen LogP contribution >= 0.6 is 0 Å². The zero-order chi connectivity index (χ0) is 17.0. The van der Waals surface area contributed by atoms with E-state index in [0.717, 1.165) is 0 Å². The molecule has 6 nitrogen and oxygen atoms in total. The molecule has 0 aromatic heterocycles. The van der Waals surface area contributed by atoms with Gasteiger partial charge in [-0.2, -0.15) is 0 Å². The van der Waals surface area contributed by atoms with Crippen LogP contribution in [0.25, 0.3) is 0 Å². The van der Waals surface area contributed by atoms with Crippen molar-refractivity contribution in [3.05, 3.63) is 29.6 Å². The fraction of sp³-hybridized carbons (Fsp3) is 0.500. The van der Waals surface area contributed by atoms with Crippen molar-refractivity contribution >= 4 is 17.6 Å². The normalized spacial score (nSPS) is 14.8. The van der Waals surface area contributed by atoms with Crippen LogP contribution in [0.5, 0.6) is 0 Å². The summed E-state index contributed by atoms with van der Waals surface area (Å²) in [5.41, 5.74) is 6.05. The lowest BCUT2D eigenvalue weighted by molar-refractivity contribution is 0.0938. The summed E-state index contributed by atoms with van der Waals surface area (Å²) in [4.78, 5) is 25.4. The Morgan fingerprint density at radius 3 is 2.70 bits per heavy atom. The molecule has 1 aliphatic rings. The van der Waals surface area contributed by atoms with Crippen molar-refractivity contribution in [2.75, 3.05) is 24.5 Å². The molecule has 2 rings (SSSR count). The van der Waals surface area contributed by atoms with E-state index < -0.39 is 17.3 Å². The van der Waals surface area contributed by atoms with Gasteiger partial charge in [0.1, 0.15) is 5.82 Å². The highest BCUT2D eigenvalue weighted by atomic mass is 19.1. The monoisotopic (exact) mass is 322 g/mol. The van der Waals surface area contributed by atoms with Crippen LogP contribution in [-0.2, 0) is 0 Å². The summed E-state index contributed by atoms with van der Waals surface area (Å²) in [6.07, 6.45) is 1.42. The Kier molecular flexibility index (Phi) is 5.20. The molecule has 1 aliphatic heterocycles. The van der Waals surface area contributed by atoms with Crippen molar-refractivity contribution in [1.82, 2.24) is 10.6 Å². The predicted octanol–water partition coefficient (Wildman–Crippen LogP) is 1.60. The summed E-state index contributed by atoms with van der Waals surface area (Å²) in [5.74, 6) is -1.15. The SMILES string of the molecule is CCC(N)(CC)CNC(=O)c1cc(N2CCNC2=O)ccc1F. The molecule has 3 amide bonds. The maximum atomic E-state index is 14.0. The first-order chi connectivity index (χ1) is 10.9. The third kappa shape index (κ3) is 3.79. The average Bonchev–Trinajstić information content (AvgIpc) is 2.99. The van der Waals surface area contributed by atoms with Crippen LogP contribution in [0.4, 0.5) is 14.9 Å². The number of hydrogen-bond donors (Lipinski definition) is 3. The van der Waals surface area contributed by atoms with E-state index in [2.05, 4.69) is 10.6 Å².